The van der Waals surface area contributed by atoms with Crippen molar-refractivity contribution in [2.24, 2.45) is 0 Å². The van der Waals surface area contributed by atoms with E-state index in [9.17, 15) is 0 Å². The van der Waals surface area contributed by atoms with Crippen LogP contribution in [0.4, 0.5) is 0 Å². The number of methoxy groups -OCH3 is 1. The van der Waals surface area contributed by atoms with Gasteiger partial charge in [-0.2, -0.15) is 0 Å². The zero-order valence-electron chi connectivity index (χ0n) is 11.9. The standard InChI is InChI=1S/C18H15BrOS/c1-11-8-16(20-3)14(10-15(11)19)12(2)18-9-13-6-4-5-7-17(13)21-18/h4-10H,2H2,1,3H3. The summed E-state index contributed by atoms with van der Waals surface area (Å²) < 4.78 is 7.87. The molecule has 0 saturated heterocycles. The molecule has 0 aliphatic heterocycles. The Labute approximate surface area is 137 Å². The van der Waals surface area contributed by atoms with Crippen LogP contribution in [0, 0.1) is 6.92 Å². The lowest BCUT2D eigenvalue weighted by molar-refractivity contribution is 0.413. The Bertz CT molecular complexity index is 799. The second-order valence-electron chi connectivity index (χ2n) is 4.93. The van der Waals surface area contributed by atoms with Crippen LogP contribution in [0.5, 0.6) is 5.75 Å². The van der Waals surface area contributed by atoms with Crippen LogP contribution in [0.2, 0.25) is 0 Å². The number of hydrogen-bond acceptors (Lipinski definition) is 2. The van der Waals surface area contributed by atoms with Crippen LogP contribution in [-0.4, -0.2) is 7.11 Å². The Morgan fingerprint density at radius 1 is 1.19 bits per heavy atom. The fraction of sp³-hybridized carbons (Fsp3) is 0.111. The summed E-state index contributed by atoms with van der Waals surface area (Å²) in [5.74, 6) is 0.859. The van der Waals surface area contributed by atoms with Gasteiger partial charge in [0.1, 0.15) is 5.75 Å². The number of benzene rings is 2. The van der Waals surface area contributed by atoms with Gasteiger partial charge in [0.15, 0.2) is 0 Å². The Balaban J connectivity index is 2.11. The van der Waals surface area contributed by atoms with Crippen molar-refractivity contribution in [3.05, 3.63) is 69.5 Å². The summed E-state index contributed by atoms with van der Waals surface area (Å²) in [6.07, 6.45) is 0. The molecule has 106 valence electrons. The van der Waals surface area contributed by atoms with Crippen molar-refractivity contribution in [2.75, 3.05) is 7.11 Å². The van der Waals surface area contributed by atoms with Crippen molar-refractivity contribution in [1.82, 2.24) is 0 Å². The first-order valence-electron chi connectivity index (χ1n) is 6.62. The molecular formula is C18H15BrOS. The molecule has 0 aliphatic carbocycles. The normalized spacial score (nSPS) is 10.8. The van der Waals surface area contributed by atoms with Crippen LogP contribution in [0.15, 0.2) is 53.5 Å². The summed E-state index contributed by atoms with van der Waals surface area (Å²) in [5.41, 5.74) is 3.18. The predicted octanol–water partition coefficient (Wildman–Crippen LogP) is 6.04. The number of ether oxygens (including phenoxy) is 1. The Hall–Kier alpha value is -1.58. The van der Waals surface area contributed by atoms with Gasteiger partial charge in [0.2, 0.25) is 0 Å². The van der Waals surface area contributed by atoms with Gasteiger partial charge >= 0.3 is 0 Å². The summed E-state index contributed by atoms with van der Waals surface area (Å²) in [4.78, 5) is 1.17. The molecule has 3 aromatic rings. The summed E-state index contributed by atoms with van der Waals surface area (Å²) in [6, 6.07) is 14.7. The molecule has 3 rings (SSSR count). The lowest BCUT2D eigenvalue weighted by Gasteiger charge is -2.12. The fourth-order valence-corrected chi connectivity index (χ4v) is 3.71. The van der Waals surface area contributed by atoms with E-state index in [0.717, 1.165) is 26.9 Å². The smallest absolute Gasteiger partial charge is 0.127 e. The monoisotopic (exact) mass is 358 g/mol. The fourth-order valence-electron chi connectivity index (χ4n) is 2.32. The molecule has 1 aromatic heterocycles. The third-order valence-electron chi connectivity index (χ3n) is 3.53. The van der Waals surface area contributed by atoms with E-state index in [1.807, 2.05) is 6.07 Å². The van der Waals surface area contributed by atoms with Gasteiger partial charge in [-0.05, 0) is 47.7 Å². The average molecular weight is 359 g/mol. The minimum Gasteiger partial charge on any atom is -0.496 e. The second kappa shape index (κ2) is 5.66. The largest absolute Gasteiger partial charge is 0.496 e. The van der Waals surface area contributed by atoms with Gasteiger partial charge in [-0.3, -0.25) is 0 Å². The molecule has 0 saturated carbocycles. The SMILES string of the molecule is C=C(c1cc2ccccc2s1)c1cc(Br)c(C)cc1OC. The van der Waals surface area contributed by atoms with Crippen LogP contribution in [0.1, 0.15) is 16.0 Å². The summed E-state index contributed by atoms with van der Waals surface area (Å²) in [5, 5.41) is 1.25. The highest BCUT2D eigenvalue weighted by Gasteiger charge is 2.13. The molecule has 0 amide bonds. The molecule has 0 bridgehead atoms. The highest BCUT2D eigenvalue weighted by atomic mass is 79.9. The van der Waals surface area contributed by atoms with Gasteiger partial charge in [0, 0.05) is 19.6 Å². The molecule has 0 aliphatic rings. The number of fused-ring (bicyclic) bond motifs is 1. The topological polar surface area (TPSA) is 9.23 Å². The first kappa shape index (κ1) is 14.4. The predicted molar refractivity (Wildman–Crippen MR) is 95.4 cm³/mol. The van der Waals surface area contributed by atoms with E-state index in [1.165, 1.54) is 15.0 Å². The number of halogens is 1. The van der Waals surface area contributed by atoms with Gasteiger partial charge in [-0.1, -0.05) is 40.7 Å². The molecule has 0 radical (unpaired) electrons. The molecule has 0 atom stereocenters. The van der Waals surface area contributed by atoms with E-state index < -0.39 is 0 Å². The zero-order valence-corrected chi connectivity index (χ0v) is 14.3. The maximum absolute atomic E-state index is 5.52. The van der Waals surface area contributed by atoms with Gasteiger partial charge in [-0.15, -0.1) is 11.3 Å². The lowest BCUT2D eigenvalue weighted by Crippen LogP contribution is -1.93. The van der Waals surface area contributed by atoms with E-state index in [1.54, 1.807) is 18.4 Å². The Morgan fingerprint density at radius 2 is 1.95 bits per heavy atom. The van der Waals surface area contributed by atoms with Crippen molar-refractivity contribution in [3.8, 4) is 5.75 Å². The van der Waals surface area contributed by atoms with Crippen LogP contribution in [0.3, 0.4) is 0 Å². The minimum atomic E-state index is 0.859. The number of rotatable bonds is 3. The van der Waals surface area contributed by atoms with E-state index in [-0.39, 0.29) is 0 Å². The van der Waals surface area contributed by atoms with Gasteiger partial charge in [-0.25, -0.2) is 0 Å². The van der Waals surface area contributed by atoms with Gasteiger partial charge in [0.05, 0.1) is 7.11 Å². The molecule has 0 unspecified atom stereocenters. The lowest BCUT2D eigenvalue weighted by atomic mass is 10.0. The van der Waals surface area contributed by atoms with Gasteiger partial charge < -0.3 is 4.74 Å². The minimum absolute atomic E-state index is 0.859. The Kier molecular flexibility index (Phi) is 3.87. The molecule has 0 spiro atoms. The van der Waals surface area contributed by atoms with Crippen LogP contribution in [0.25, 0.3) is 15.7 Å². The summed E-state index contributed by atoms with van der Waals surface area (Å²) >= 11 is 5.35. The maximum atomic E-state index is 5.52. The number of hydrogen-bond donors (Lipinski definition) is 0. The number of thiophene rings is 1. The van der Waals surface area contributed by atoms with E-state index in [0.29, 0.717) is 0 Å². The molecule has 21 heavy (non-hydrogen) atoms. The molecule has 1 nitrogen and oxygen atoms in total. The van der Waals surface area contributed by atoms with Gasteiger partial charge in [0.25, 0.3) is 0 Å². The van der Waals surface area contributed by atoms with Crippen molar-refractivity contribution in [2.45, 2.75) is 6.92 Å². The molecule has 2 aromatic carbocycles. The average Bonchev–Trinajstić information content (AvgIpc) is 2.92. The first-order chi connectivity index (χ1) is 10.1. The van der Waals surface area contributed by atoms with Crippen molar-refractivity contribution in [3.63, 3.8) is 0 Å². The van der Waals surface area contributed by atoms with E-state index in [2.05, 4.69) is 65.8 Å². The maximum Gasteiger partial charge on any atom is 0.127 e. The quantitative estimate of drug-likeness (QED) is 0.554. The molecule has 3 heteroatoms. The molecule has 0 fully saturated rings. The summed E-state index contributed by atoms with van der Waals surface area (Å²) in [6.45, 7) is 6.33. The highest BCUT2D eigenvalue weighted by Crippen LogP contribution is 2.38. The number of aryl methyl sites for hydroxylation is 1. The van der Waals surface area contributed by atoms with E-state index in [4.69, 9.17) is 4.74 Å². The third-order valence-corrected chi connectivity index (χ3v) is 5.56. The molecule has 0 N–H and O–H groups in total. The van der Waals surface area contributed by atoms with Crippen LogP contribution in [-0.2, 0) is 0 Å². The Morgan fingerprint density at radius 3 is 2.67 bits per heavy atom. The van der Waals surface area contributed by atoms with Crippen molar-refractivity contribution in [1.29, 1.82) is 0 Å². The van der Waals surface area contributed by atoms with Crippen LogP contribution < -0.4 is 4.74 Å². The van der Waals surface area contributed by atoms with Crippen molar-refractivity contribution >= 4 is 42.9 Å². The van der Waals surface area contributed by atoms with Crippen LogP contribution >= 0.6 is 27.3 Å². The third kappa shape index (κ3) is 2.63. The second-order valence-corrected chi connectivity index (χ2v) is 6.87. The highest BCUT2D eigenvalue weighted by molar-refractivity contribution is 9.10. The van der Waals surface area contributed by atoms with E-state index >= 15 is 0 Å². The van der Waals surface area contributed by atoms with Crippen molar-refractivity contribution < 1.29 is 4.74 Å². The molecular weight excluding hydrogens is 344 g/mol. The first-order valence-corrected chi connectivity index (χ1v) is 8.23. The summed E-state index contributed by atoms with van der Waals surface area (Å²) in [7, 11) is 1.70. The zero-order chi connectivity index (χ0) is 15.0. The molecule has 1 heterocycles.